The monoisotopic (exact) mass is 281 g/mol. The van der Waals surface area contributed by atoms with E-state index in [-0.39, 0.29) is 6.42 Å². The van der Waals surface area contributed by atoms with Crippen molar-refractivity contribution in [1.82, 2.24) is 5.32 Å². The third kappa shape index (κ3) is 4.89. The molecule has 2 N–H and O–H groups in total. The van der Waals surface area contributed by atoms with Gasteiger partial charge >= 0.3 is 5.97 Å². The number of rotatable bonds is 3. The van der Waals surface area contributed by atoms with Gasteiger partial charge in [-0.3, -0.25) is 10.1 Å². The van der Waals surface area contributed by atoms with Gasteiger partial charge in [-0.2, -0.15) is 8.42 Å². The Bertz CT molecular complexity index is 413. The number of aliphatic hydroxyl groups is 1. The topological polar surface area (TPSA) is 102 Å². The van der Waals surface area contributed by atoms with Crippen molar-refractivity contribution >= 4 is 16.1 Å². The molecule has 3 unspecified atom stereocenters. The van der Waals surface area contributed by atoms with Crippen molar-refractivity contribution in [2.45, 2.75) is 51.2 Å². The minimum absolute atomic E-state index is 0.0507. The fourth-order valence-corrected chi connectivity index (χ4v) is 2.12. The molecule has 1 heterocycles. The quantitative estimate of drug-likeness (QED) is 0.523. The molecule has 1 fully saturated rings. The van der Waals surface area contributed by atoms with Gasteiger partial charge in [-0.1, -0.05) is 0 Å². The zero-order chi connectivity index (χ0) is 14.1. The zero-order valence-electron chi connectivity index (χ0n) is 10.8. The molecular formula is C10H19NO6S. The highest BCUT2D eigenvalue weighted by molar-refractivity contribution is 7.86. The summed E-state index contributed by atoms with van der Waals surface area (Å²) in [4.78, 5) is 11.7. The predicted octanol–water partition coefficient (Wildman–Crippen LogP) is -0.647. The van der Waals surface area contributed by atoms with E-state index in [2.05, 4.69) is 9.50 Å². The van der Waals surface area contributed by atoms with Gasteiger partial charge in [0.2, 0.25) is 0 Å². The standard InChI is InChI=1S/C10H19NO6S/c1-10(2,3)16-9(13)6-5-7(12)8(11-6)17-18(4,14)15/h6-8,11-12H,5H2,1-4H3. The van der Waals surface area contributed by atoms with E-state index >= 15 is 0 Å². The first kappa shape index (κ1) is 15.4. The van der Waals surface area contributed by atoms with Crippen LogP contribution in [0.4, 0.5) is 0 Å². The maximum absolute atomic E-state index is 11.7. The smallest absolute Gasteiger partial charge is 0.323 e. The van der Waals surface area contributed by atoms with E-state index in [1.54, 1.807) is 20.8 Å². The lowest BCUT2D eigenvalue weighted by atomic mass is 10.1. The highest BCUT2D eigenvalue weighted by Crippen LogP contribution is 2.19. The van der Waals surface area contributed by atoms with E-state index < -0.39 is 40.1 Å². The maximum atomic E-state index is 11.7. The molecule has 1 saturated heterocycles. The van der Waals surface area contributed by atoms with Crippen LogP contribution in [-0.4, -0.2) is 49.7 Å². The SMILES string of the molecule is CC(C)(C)OC(=O)C1CC(O)C(OS(C)(=O)=O)N1. The molecule has 3 atom stereocenters. The van der Waals surface area contributed by atoms with Crippen LogP contribution in [0.15, 0.2) is 0 Å². The van der Waals surface area contributed by atoms with Gasteiger partial charge in [0.15, 0.2) is 6.23 Å². The minimum Gasteiger partial charge on any atom is -0.459 e. The molecule has 1 rings (SSSR count). The van der Waals surface area contributed by atoms with Crippen molar-refractivity contribution in [3.05, 3.63) is 0 Å². The van der Waals surface area contributed by atoms with Crippen LogP contribution >= 0.6 is 0 Å². The van der Waals surface area contributed by atoms with E-state index in [1.807, 2.05) is 0 Å². The average Bonchev–Trinajstić information content (AvgIpc) is 2.42. The van der Waals surface area contributed by atoms with E-state index in [0.717, 1.165) is 6.26 Å². The van der Waals surface area contributed by atoms with Gasteiger partial charge in [-0.25, -0.2) is 4.18 Å². The molecule has 0 spiro atoms. The van der Waals surface area contributed by atoms with Gasteiger partial charge < -0.3 is 9.84 Å². The van der Waals surface area contributed by atoms with E-state index in [9.17, 15) is 18.3 Å². The second kappa shape index (κ2) is 5.12. The number of nitrogens with one attached hydrogen (secondary N) is 1. The summed E-state index contributed by atoms with van der Waals surface area (Å²) in [7, 11) is -3.70. The summed E-state index contributed by atoms with van der Waals surface area (Å²) in [5.41, 5.74) is -0.639. The molecule has 0 aromatic rings. The van der Waals surface area contributed by atoms with E-state index in [1.165, 1.54) is 0 Å². The van der Waals surface area contributed by atoms with Crippen molar-refractivity contribution in [3.8, 4) is 0 Å². The van der Waals surface area contributed by atoms with Crippen LogP contribution in [0.25, 0.3) is 0 Å². The third-order valence-corrected chi connectivity index (χ3v) is 2.72. The van der Waals surface area contributed by atoms with Crippen LogP contribution in [0.1, 0.15) is 27.2 Å². The lowest BCUT2D eigenvalue weighted by Gasteiger charge is -2.22. The predicted molar refractivity (Wildman–Crippen MR) is 63.1 cm³/mol. The highest BCUT2D eigenvalue weighted by Gasteiger charge is 2.40. The highest BCUT2D eigenvalue weighted by atomic mass is 32.2. The molecule has 0 aliphatic carbocycles. The van der Waals surface area contributed by atoms with E-state index in [0.29, 0.717) is 0 Å². The zero-order valence-corrected chi connectivity index (χ0v) is 11.7. The Morgan fingerprint density at radius 3 is 2.39 bits per heavy atom. The third-order valence-electron chi connectivity index (χ3n) is 2.16. The van der Waals surface area contributed by atoms with Crippen molar-refractivity contribution in [1.29, 1.82) is 0 Å². The molecule has 18 heavy (non-hydrogen) atoms. The van der Waals surface area contributed by atoms with Gasteiger partial charge in [0, 0.05) is 6.42 Å². The summed E-state index contributed by atoms with van der Waals surface area (Å²) in [6, 6.07) is -0.772. The molecule has 1 aliphatic rings. The van der Waals surface area contributed by atoms with Crippen molar-refractivity contribution in [3.63, 3.8) is 0 Å². The number of hydrogen-bond acceptors (Lipinski definition) is 7. The summed E-state index contributed by atoms with van der Waals surface area (Å²) in [6.45, 7) is 5.17. The minimum atomic E-state index is -3.70. The van der Waals surface area contributed by atoms with Crippen LogP contribution in [0.5, 0.6) is 0 Å². The fraction of sp³-hybridized carbons (Fsp3) is 0.900. The van der Waals surface area contributed by atoms with Crippen LogP contribution < -0.4 is 5.32 Å². The fourth-order valence-electron chi connectivity index (χ4n) is 1.56. The molecule has 0 bridgehead atoms. The number of aliphatic hydroxyl groups excluding tert-OH is 1. The Kier molecular flexibility index (Phi) is 4.37. The lowest BCUT2D eigenvalue weighted by Crippen LogP contribution is -2.42. The van der Waals surface area contributed by atoms with Crippen molar-refractivity contribution in [2.75, 3.05) is 6.26 Å². The Balaban J connectivity index is 2.61. The van der Waals surface area contributed by atoms with Crippen molar-refractivity contribution in [2.24, 2.45) is 0 Å². The van der Waals surface area contributed by atoms with Crippen LogP contribution in [0, 0.1) is 0 Å². The summed E-state index contributed by atoms with van der Waals surface area (Å²) < 4.78 is 31.7. The first-order valence-electron chi connectivity index (χ1n) is 5.53. The molecule has 0 saturated carbocycles. The lowest BCUT2D eigenvalue weighted by molar-refractivity contribution is -0.157. The van der Waals surface area contributed by atoms with Crippen molar-refractivity contribution < 1.29 is 27.2 Å². The van der Waals surface area contributed by atoms with Gasteiger partial charge in [-0.05, 0) is 20.8 Å². The van der Waals surface area contributed by atoms with E-state index in [4.69, 9.17) is 4.74 Å². The Morgan fingerprint density at radius 2 is 1.94 bits per heavy atom. The summed E-state index contributed by atoms with van der Waals surface area (Å²) in [5.74, 6) is -0.541. The van der Waals surface area contributed by atoms with Gasteiger partial charge in [-0.15, -0.1) is 0 Å². The molecular weight excluding hydrogens is 262 g/mol. The summed E-state index contributed by atoms with van der Waals surface area (Å²) >= 11 is 0. The molecule has 106 valence electrons. The normalized spacial score (nSPS) is 29.3. The maximum Gasteiger partial charge on any atom is 0.323 e. The largest absolute Gasteiger partial charge is 0.459 e. The first-order chi connectivity index (χ1) is 7.98. The number of esters is 1. The van der Waals surface area contributed by atoms with Gasteiger partial charge in [0.1, 0.15) is 11.6 Å². The summed E-state index contributed by atoms with van der Waals surface area (Å²) in [6.07, 6.45) is -1.26. The van der Waals surface area contributed by atoms with Gasteiger partial charge in [0.05, 0.1) is 12.4 Å². The van der Waals surface area contributed by atoms with Crippen LogP contribution in [0.3, 0.4) is 0 Å². The number of carbonyl (C=O) groups excluding carboxylic acids is 1. The number of carbonyl (C=O) groups is 1. The molecule has 0 amide bonds. The van der Waals surface area contributed by atoms with Gasteiger partial charge in [0.25, 0.3) is 10.1 Å². The molecule has 1 aliphatic heterocycles. The Labute approximate surface area is 107 Å². The first-order valence-corrected chi connectivity index (χ1v) is 7.35. The molecule has 0 aromatic carbocycles. The summed E-state index contributed by atoms with van der Waals surface area (Å²) in [5, 5.41) is 12.2. The second-order valence-electron chi connectivity index (χ2n) is 5.28. The molecule has 7 nitrogen and oxygen atoms in total. The number of ether oxygens (including phenoxy) is 1. The van der Waals surface area contributed by atoms with Crippen LogP contribution in [0.2, 0.25) is 0 Å². The second-order valence-corrected chi connectivity index (χ2v) is 6.88. The Morgan fingerprint density at radius 1 is 1.39 bits per heavy atom. The molecule has 0 radical (unpaired) electrons. The number of hydrogen-bond donors (Lipinski definition) is 2. The average molecular weight is 281 g/mol. The Hall–Kier alpha value is -0.700. The molecule has 8 heteroatoms. The van der Waals surface area contributed by atoms with Crippen LogP contribution in [-0.2, 0) is 23.8 Å². The molecule has 0 aromatic heterocycles.